The first-order chi connectivity index (χ1) is 12.0. The van der Waals surface area contributed by atoms with Crippen molar-refractivity contribution in [2.24, 2.45) is 0 Å². The molecule has 1 saturated carbocycles. The summed E-state index contributed by atoms with van der Waals surface area (Å²) >= 11 is 0. The number of H-pyrrole nitrogens is 1. The zero-order valence-corrected chi connectivity index (χ0v) is 14.5. The van der Waals surface area contributed by atoms with Gasteiger partial charge in [0, 0.05) is 17.9 Å². The van der Waals surface area contributed by atoms with Gasteiger partial charge in [-0.1, -0.05) is 25.5 Å². The molecule has 5 heteroatoms. The van der Waals surface area contributed by atoms with Crippen molar-refractivity contribution in [3.63, 3.8) is 0 Å². The Hall–Kier alpha value is -2.14. The minimum Gasteiger partial charge on any atom is -0.385 e. The van der Waals surface area contributed by atoms with Crippen molar-refractivity contribution >= 4 is 5.91 Å². The normalized spacial score (nSPS) is 23.4. The Balaban J connectivity index is 1.61. The van der Waals surface area contributed by atoms with Gasteiger partial charge in [0.05, 0.1) is 11.2 Å². The number of carbonyl (C=O) groups excluding carboxylic acids is 1. The molecule has 0 radical (unpaired) electrons. The lowest BCUT2D eigenvalue weighted by Crippen LogP contribution is -2.42. The van der Waals surface area contributed by atoms with E-state index in [1.807, 2.05) is 6.07 Å². The molecule has 0 spiro atoms. The van der Waals surface area contributed by atoms with Crippen LogP contribution in [0, 0.1) is 5.82 Å². The molecular weight excluding hydrogens is 319 g/mol. The number of hydrogen-bond donors (Lipinski definition) is 3. The second-order valence-electron chi connectivity index (χ2n) is 6.91. The molecule has 1 aliphatic rings. The minimum atomic E-state index is -1.01. The van der Waals surface area contributed by atoms with Crippen molar-refractivity contribution < 1.29 is 14.3 Å². The fourth-order valence-electron chi connectivity index (χ4n) is 3.64. The van der Waals surface area contributed by atoms with Gasteiger partial charge in [-0.2, -0.15) is 0 Å². The number of amides is 1. The van der Waals surface area contributed by atoms with E-state index >= 15 is 0 Å². The molecule has 1 aromatic heterocycles. The number of aromatic nitrogens is 1. The fraction of sp³-hybridized carbons (Fsp3) is 0.450. The minimum absolute atomic E-state index is 0.0331. The predicted molar refractivity (Wildman–Crippen MR) is 94.8 cm³/mol. The summed E-state index contributed by atoms with van der Waals surface area (Å²) < 4.78 is 13.4. The Morgan fingerprint density at radius 1 is 1.36 bits per heavy atom. The lowest BCUT2D eigenvalue weighted by atomic mass is 9.77. The zero-order valence-electron chi connectivity index (χ0n) is 14.5. The number of aromatic amines is 1. The quantitative estimate of drug-likeness (QED) is 0.775. The van der Waals surface area contributed by atoms with E-state index in [1.54, 1.807) is 18.3 Å². The van der Waals surface area contributed by atoms with Gasteiger partial charge in [0.2, 0.25) is 0 Å². The average Bonchev–Trinajstić information content (AvgIpc) is 3.06. The summed E-state index contributed by atoms with van der Waals surface area (Å²) in [7, 11) is 0. The molecule has 1 heterocycles. The van der Waals surface area contributed by atoms with E-state index in [2.05, 4.69) is 17.2 Å². The first-order valence-electron chi connectivity index (χ1n) is 8.97. The molecule has 1 amide bonds. The predicted octanol–water partition coefficient (Wildman–Crippen LogP) is 3.67. The van der Waals surface area contributed by atoms with E-state index in [0.717, 1.165) is 18.5 Å². The van der Waals surface area contributed by atoms with Gasteiger partial charge in [0.15, 0.2) is 0 Å². The van der Waals surface area contributed by atoms with Crippen molar-refractivity contribution in [2.45, 2.75) is 57.1 Å². The molecule has 3 N–H and O–H groups in total. The maximum absolute atomic E-state index is 13.4. The van der Waals surface area contributed by atoms with Crippen LogP contribution in [-0.2, 0) is 12.0 Å². The molecule has 2 aromatic rings. The Bertz CT molecular complexity index is 733. The largest absolute Gasteiger partial charge is 0.385 e. The number of halogens is 1. The van der Waals surface area contributed by atoms with Crippen LogP contribution < -0.4 is 5.32 Å². The summed E-state index contributed by atoms with van der Waals surface area (Å²) in [5, 5.41) is 13.9. The van der Waals surface area contributed by atoms with Crippen LogP contribution in [0.5, 0.6) is 0 Å². The van der Waals surface area contributed by atoms with Crippen LogP contribution in [0.3, 0.4) is 0 Å². The summed E-state index contributed by atoms with van der Waals surface area (Å²) in [6.07, 6.45) is 5.99. The third-order valence-electron chi connectivity index (χ3n) is 5.09. The van der Waals surface area contributed by atoms with Gasteiger partial charge in [0.25, 0.3) is 5.91 Å². The van der Waals surface area contributed by atoms with Crippen LogP contribution in [0.25, 0.3) is 0 Å². The number of carbonyl (C=O) groups is 1. The zero-order chi connectivity index (χ0) is 17.9. The summed E-state index contributed by atoms with van der Waals surface area (Å²) in [5.74, 6) is -0.400. The molecule has 4 nitrogen and oxygen atoms in total. The molecule has 25 heavy (non-hydrogen) atoms. The van der Waals surface area contributed by atoms with Crippen molar-refractivity contribution in [2.75, 3.05) is 0 Å². The molecule has 1 fully saturated rings. The van der Waals surface area contributed by atoms with Gasteiger partial charge in [0.1, 0.15) is 5.82 Å². The third-order valence-corrected chi connectivity index (χ3v) is 5.09. The maximum Gasteiger partial charge on any atom is 0.253 e. The van der Waals surface area contributed by atoms with Crippen molar-refractivity contribution in [3.8, 4) is 0 Å². The molecule has 1 aliphatic carbocycles. The summed E-state index contributed by atoms with van der Waals surface area (Å²) in [5.41, 5.74) is 1.28. The number of hydrogen-bond acceptors (Lipinski definition) is 2. The molecule has 0 aliphatic heterocycles. The Morgan fingerprint density at radius 2 is 2.12 bits per heavy atom. The summed E-state index contributed by atoms with van der Waals surface area (Å²) in [6, 6.07) is 8.01. The molecule has 0 atom stereocenters. The van der Waals surface area contributed by atoms with Crippen LogP contribution in [0.15, 0.2) is 36.5 Å². The van der Waals surface area contributed by atoms with E-state index in [0.29, 0.717) is 36.8 Å². The van der Waals surface area contributed by atoms with Crippen molar-refractivity contribution in [1.82, 2.24) is 10.3 Å². The number of benzene rings is 1. The van der Waals surface area contributed by atoms with E-state index < -0.39 is 5.60 Å². The van der Waals surface area contributed by atoms with Crippen LogP contribution in [-0.4, -0.2) is 22.0 Å². The van der Waals surface area contributed by atoms with E-state index in [4.69, 9.17) is 0 Å². The summed E-state index contributed by atoms with van der Waals surface area (Å²) in [6.45, 7) is 2.08. The highest BCUT2D eigenvalue weighted by Gasteiger charge is 2.35. The van der Waals surface area contributed by atoms with E-state index in [9.17, 15) is 14.3 Å². The molecule has 134 valence electrons. The second-order valence-corrected chi connectivity index (χ2v) is 6.91. The smallest absolute Gasteiger partial charge is 0.253 e. The Kier molecular flexibility index (Phi) is 5.23. The van der Waals surface area contributed by atoms with Crippen LogP contribution >= 0.6 is 0 Å². The fourth-order valence-corrected chi connectivity index (χ4v) is 3.64. The van der Waals surface area contributed by atoms with E-state index in [-0.39, 0.29) is 17.8 Å². The van der Waals surface area contributed by atoms with Crippen molar-refractivity contribution in [1.29, 1.82) is 0 Å². The monoisotopic (exact) mass is 344 g/mol. The van der Waals surface area contributed by atoms with Gasteiger partial charge in [-0.25, -0.2) is 4.39 Å². The topological polar surface area (TPSA) is 65.1 Å². The van der Waals surface area contributed by atoms with E-state index in [1.165, 1.54) is 12.1 Å². The molecule has 0 saturated heterocycles. The molecular formula is C20H25FN2O2. The standard InChI is InChI=1S/C20H25FN2O2/c1-2-4-18-17(9-12-22-18)19(24)23-16-7-10-20(25,11-8-16)14-5-3-6-15(21)13-14/h3,5-6,9,12-13,16,22,25H,2,4,7-8,10-11H2,1H3,(H,23,24). The lowest BCUT2D eigenvalue weighted by molar-refractivity contribution is -0.00827. The highest BCUT2D eigenvalue weighted by atomic mass is 19.1. The van der Waals surface area contributed by atoms with Gasteiger partial charge in [-0.15, -0.1) is 0 Å². The molecule has 1 aromatic carbocycles. The highest BCUT2D eigenvalue weighted by Crippen LogP contribution is 2.37. The second kappa shape index (κ2) is 7.40. The van der Waals surface area contributed by atoms with Crippen LogP contribution in [0.4, 0.5) is 4.39 Å². The molecule has 0 bridgehead atoms. The van der Waals surface area contributed by atoms with Crippen LogP contribution in [0.2, 0.25) is 0 Å². The Labute approximate surface area is 147 Å². The maximum atomic E-state index is 13.4. The van der Waals surface area contributed by atoms with Gasteiger partial charge >= 0.3 is 0 Å². The Morgan fingerprint density at radius 3 is 2.80 bits per heavy atom. The summed E-state index contributed by atoms with van der Waals surface area (Å²) in [4.78, 5) is 15.6. The van der Waals surface area contributed by atoms with Gasteiger partial charge in [-0.3, -0.25) is 4.79 Å². The number of nitrogens with one attached hydrogen (secondary N) is 2. The SMILES string of the molecule is CCCc1[nH]ccc1C(=O)NC1CCC(O)(c2cccc(F)c2)CC1. The molecule has 3 rings (SSSR count). The van der Waals surface area contributed by atoms with Gasteiger partial charge in [-0.05, 0) is 55.9 Å². The van der Waals surface area contributed by atoms with Crippen LogP contribution in [0.1, 0.15) is 60.6 Å². The molecule has 0 unspecified atom stereocenters. The number of aryl methyl sites for hydroxylation is 1. The lowest BCUT2D eigenvalue weighted by Gasteiger charge is -2.36. The first-order valence-corrected chi connectivity index (χ1v) is 8.97. The van der Waals surface area contributed by atoms with Crippen molar-refractivity contribution in [3.05, 3.63) is 59.2 Å². The third kappa shape index (κ3) is 3.93. The average molecular weight is 344 g/mol. The first kappa shape index (κ1) is 17.7. The highest BCUT2D eigenvalue weighted by molar-refractivity contribution is 5.95. The number of rotatable bonds is 5. The number of aliphatic hydroxyl groups is 1. The van der Waals surface area contributed by atoms with Gasteiger partial charge < -0.3 is 15.4 Å².